The maximum absolute atomic E-state index is 12.4. The van der Waals surface area contributed by atoms with E-state index in [1.54, 1.807) is 0 Å². The van der Waals surface area contributed by atoms with Crippen molar-refractivity contribution < 1.29 is 19.4 Å². The van der Waals surface area contributed by atoms with Crippen LogP contribution in [0.15, 0.2) is 11.6 Å². The number of epoxide rings is 1. The highest BCUT2D eigenvalue weighted by molar-refractivity contribution is 9.10. The number of hydrogen-bond acceptors (Lipinski definition) is 4. The van der Waals surface area contributed by atoms with Gasteiger partial charge < -0.3 is 14.6 Å². The maximum Gasteiger partial charge on any atom is 0.178 e. The molecule has 0 aromatic carbocycles. The van der Waals surface area contributed by atoms with Gasteiger partial charge in [0.15, 0.2) is 11.9 Å². The van der Waals surface area contributed by atoms with Crippen LogP contribution in [0.25, 0.3) is 0 Å². The summed E-state index contributed by atoms with van der Waals surface area (Å²) in [5.41, 5.74) is 0.258. The Morgan fingerprint density at radius 2 is 2.12 bits per heavy atom. The van der Waals surface area contributed by atoms with Gasteiger partial charge in [0.1, 0.15) is 11.2 Å². The van der Waals surface area contributed by atoms with Gasteiger partial charge in [0.05, 0.1) is 16.5 Å². The van der Waals surface area contributed by atoms with Crippen LogP contribution in [0.1, 0.15) is 51.9 Å². The Hall–Kier alpha value is -0.230. The van der Waals surface area contributed by atoms with Crippen LogP contribution >= 0.6 is 15.9 Å². The van der Waals surface area contributed by atoms with Gasteiger partial charge in [-0.15, -0.1) is 0 Å². The molecule has 0 amide bonds. The summed E-state index contributed by atoms with van der Waals surface area (Å²) in [5, 5.41) is 10.6. The minimum Gasteiger partial charge on any atom is -0.393 e. The van der Waals surface area contributed by atoms with E-state index in [9.17, 15) is 9.90 Å². The van der Waals surface area contributed by atoms with Gasteiger partial charge in [0.2, 0.25) is 0 Å². The van der Waals surface area contributed by atoms with Crippen LogP contribution in [0.2, 0.25) is 0 Å². The number of aliphatic hydroxyl groups is 1. The second-order valence-electron chi connectivity index (χ2n) is 9.17. The summed E-state index contributed by atoms with van der Waals surface area (Å²) in [4.78, 5) is 12.3. The Morgan fingerprint density at radius 3 is 2.96 bits per heavy atom. The van der Waals surface area contributed by atoms with Crippen LogP contribution < -0.4 is 0 Å². The van der Waals surface area contributed by atoms with Crippen LogP contribution in [0, 0.1) is 11.3 Å². The zero-order chi connectivity index (χ0) is 16.5. The summed E-state index contributed by atoms with van der Waals surface area (Å²) < 4.78 is 13.0. The number of carbonyl (C=O) groups is 1. The number of fused-ring (bicyclic) bond motifs is 1. The summed E-state index contributed by atoms with van der Waals surface area (Å²) >= 11 is 3.57. The molecule has 6 aliphatic rings. The molecule has 6 rings (SSSR count). The van der Waals surface area contributed by atoms with Crippen molar-refractivity contribution in [3.63, 3.8) is 0 Å². The van der Waals surface area contributed by atoms with E-state index in [0.29, 0.717) is 12.3 Å². The van der Waals surface area contributed by atoms with Crippen LogP contribution in [0.3, 0.4) is 0 Å². The second kappa shape index (κ2) is 4.03. The highest BCUT2D eigenvalue weighted by Crippen LogP contribution is 2.72. The van der Waals surface area contributed by atoms with Gasteiger partial charge in [-0.05, 0) is 67.9 Å². The maximum atomic E-state index is 12.4. The van der Waals surface area contributed by atoms with Crippen molar-refractivity contribution in [1.29, 1.82) is 0 Å². The summed E-state index contributed by atoms with van der Waals surface area (Å²) in [5.74, 6) is 0.567. The third-order valence-corrected chi connectivity index (χ3v) is 9.20. The van der Waals surface area contributed by atoms with Crippen molar-refractivity contribution in [3.05, 3.63) is 11.6 Å². The SMILES string of the molecule is C[C@]12CCC3=C[C@]45O[C@H]4C(=O)[C@H](Br)C[C@]54CC[C@]3(O4)[C@@H]1CC[C@@H]2O. The molecule has 1 N–H and O–H groups in total. The van der Waals surface area contributed by atoms with E-state index < -0.39 is 5.60 Å². The summed E-state index contributed by atoms with van der Waals surface area (Å²) in [6, 6.07) is 0. The Balaban J connectivity index is 1.51. The monoisotopic (exact) mass is 394 g/mol. The Labute approximate surface area is 150 Å². The number of rotatable bonds is 0. The van der Waals surface area contributed by atoms with Crippen molar-refractivity contribution in [2.24, 2.45) is 11.3 Å². The van der Waals surface area contributed by atoms with E-state index in [2.05, 4.69) is 28.9 Å². The third-order valence-electron chi connectivity index (χ3n) is 8.43. The number of halogens is 1. The number of ketones is 1. The minimum absolute atomic E-state index is 0.0323. The standard InChI is InChI=1S/C19H23BrO4/c1-16-5-4-10-8-19-15(23-19)14(22)11(20)9-17(19)6-7-18(10,24-17)12(16)2-3-13(16)21/h8,11-13,15,21H,2-7,9H2,1H3/t11-,12-,13+,15+,16+,17-,18-,19+/m1/s1. The molecule has 3 spiro atoms. The molecular formula is C19H23BrO4. The van der Waals surface area contributed by atoms with Crippen molar-refractivity contribution in [2.75, 3.05) is 0 Å². The number of hydrogen-bond donors (Lipinski definition) is 1. The molecule has 3 aliphatic heterocycles. The number of Topliss-reactive ketones (excluding diaryl/α,β-unsaturated/α-hetero) is 1. The molecule has 3 saturated carbocycles. The van der Waals surface area contributed by atoms with Crippen LogP contribution in [0.5, 0.6) is 0 Å². The lowest BCUT2D eigenvalue weighted by Gasteiger charge is -2.55. The molecule has 0 unspecified atom stereocenters. The summed E-state index contributed by atoms with van der Waals surface area (Å²) in [7, 11) is 0. The van der Waals surface area contributed by atoms with E-state index in [0.717, 1.165) is 38.5 Å². The normalized spacial score (nSPS) is 63.1. The summed E-state index contributed by atoms with van der Waals surface area (Å²) in [6.45, 7) is 2.26. The molecular weight excluding hydrogens is 372 g/mol. The quantitative estimate of drug-likeness (QED) is 0.389. The largest absolute Gasteiger partial charge is 0.393 e. The lowest BCUT2D eigenvalue weighted by molar-refractivity contribution is -0.184. The fraction of sp³-hybridized carbons (Fsp3) is 0.842. The molecule has 2 bridgehead atoms. The lowest BCUT2D eigenvalue weighted by Crippen LogP contribution is -2.61. The molecule has 5 fully saturated rings. The molecule has 0 radical (unpaired) electrons. The summed E-state index contributed by atoms with van der Waals surface area (Å²) in [6.07, 6.45) is 8.35. The highest BCUT2D eigenvalue weighted by atomic mass is 79.9. The molecule has 3 aliphatic carbocycles. The van der Waals surface area contributed by atoms with Crippen LogP contribution in [-0.2, 0) is 14.3 Å². The van der Waals surface area contributed by atoms with Crippen molar-refractivity contribution >= 4 is 21.7 Å². The zero-order valence-electron chi connectivity index (χ0n) is 13.9. The molecule has 5 heteroatoms. The predicted molar refractivity (Wildman–Crippen MR) is 89.9 cm³/mol. The van der Waals surface area contributed by atoms with E-state index in [-0.39, 0.29) is 39.4 Å². The number of ether oxygens (including phenoxy) is 2. The second-order valence-corrected chi connectivity index (χ2v) is 10.3. The average molecular weight is 395 g/mol. The van der Waals surface area contributed by atoms with Crippen molar-refractivity contribution in [1.82, 2.24) is 0 Å². The van der Waals surface area contributed by atoms with Gasteiger partial charge in [-0.3, -0.25) is 4.79 Å². The topological polar surface area (TPSA) is 59.1 Å². The van der Waals surface area contributed by atoms with Gasteiger partial charge in [-0.1, -0.05) is 22.9 Å². The van der Waals surface area contributed by atoms with Crippen molar-refractivity contribution in [2.45, 2.75) is 85.7 Å². The van der Waals surface area contributed by atoms with E-state index in [4.69, 9.17) is 9.47 Å². The van der Waals surface area contributed by atoms with Crippen LogP contribution in [0.4, 0.5) is 0 Å². The fourth-order valence-electron chi connectivity index (χ4n) is 7.08. The Kier molecular flexibility index (Phi) is 2.50. The van der Waals surface area contributed by atoms with Gasteiger partial charge in [0.25, 0.3) is 0 Å². The van der Waals surface area contributed by atoms with Gasteiger partial charge in [-0.25, -0.2) is 0 Å². The van der Waals surface area contributed by atoms with Gasteiger partial charge in [-0.2, -0.15) is 0 Å². The first kappa shape index (κ1) is 14.9. The molecule has 24 heavy (non-hydrogen) atoms. The first-order valence-electron chi connectivity index (χ1n) is 9.33. The average Bonchev–Trinajstić information content (AvgIpc) is 3.08. The zero-order valence-corrected chi connectivity index (χ0v) is 15.5. The van der Waals surface area contributed by atoms with E-state index in [1.807, 2.05) is 0 Å². The molecule has 0 aromatic rings. The number of alkyl halides is 1. The van der Waals surface area contributed by atoms with Gasteiger partial charge >= 0.3 is 0 Å². The molecule has 3 heterocycles. The Bertz CT molecular complexity index is 705. The first-order valence-corrected chi connectivity index (χ1v) is 10.2. The molecule has 4 nitrogen and oxygen atoms in total. The highest BCUT2D eigenvalue weighted by Gasteiger charge is 2.81. The third kappa shape index (κ3) is 1.34. The fourth-order valence-corrected chi connectivity index (χ4v) is 7.84. The molecule has 8 atom stereocenters. The smallest absolute Gasteiger partial charge is 0.178 e. The first-order chi connectivity index (χ1) is 11.4. The molecule has 0 aromatic heterocycles. The lowest BCUT2D eigenvalue weighted by atomic mass is 9.58. The molecule has 130 valence electrons. The van der Waals surface area contributed by atoms with E-state index in [1.165, 1.54) is 5.57 Å². The number of aliphatic hydroxyl groups excluding tert-OH is 1. The van der Waals surface area contributed by atoms with Crippen molar-refractivity contribution in [3.8, 4) is 0 Å². The van der Waals surface area contributed by atoms with Crippen LogP contribution in [-0.4, -0.2) is 44.7 Å². The predicted octanol–water partition coefficient (Wildman–Crippen LogP) is 2.66. The molecule has 2 saturated heterocycles. The van der Waals surface area contributed by atoms with E-state index >= 15 is 0 Å². The number of carbonyl (C=O) groups excluding carboxylic acids is 1. The Morgan fingerprint density at radius 1 is 1.29 bits per heavy atom. The minimum atomic E-state index is -0.491. The van der Waals surface area contributed by atoms with Gasteiger partial charge in [0, 0.05) is 0 Å².